The number of amides is 1. The summed E-state index contributed by atoms with van der Waals surface area (Å²) in [5, 5.41) is 6.17. The van der Waals surface area contributed by atoms with Crippen molar-refractivity contribution in [3.05, 3.63) is 59.8 Å². The highest BCUT2D eigenvalue weighted by Gasteiger charge is 2.11. The van der Waals surface area contributed by atoms with Gasteiger partial charge in [-0.15, -0.1) is 0 Å². The van der Waals surface area contributed by atoms with Gasteiger partial charge in [-0.3, -0.25) is 4.79 Å². The molecule has 0 aliphatic rings. The molecule has 1 aromatic carbocycles. The first-order valence-corrected chi connectivity index (χ1v) is 7.75. The van der Waals surface area contributed by atoms with Crippen molar-refractivity contribution in [1.82, 2.24) is 10.3 Å². The van der Waals surface area contributed by atoms with E-state index in [9.17, 15) is 4.79 Å². The lowest BCUT2D eigenvalue weighted by Gasteiger charge is -2.14. The molecule has 122 valence electrons. The number of nitrogens with zero attached hydrogens (tertiary/aromatic N) is 1. The van der Waals surface area contributed by atoms with Gasteiger partial charge in [0.2, 0.25) is 0 Å². The summed E-state index contributed by atoms with van der Waals surface area (Å²) in [5.74, 6) is 0.633. The van der Waals surface area contributed by atoms with Crippen molar-refractivity contribution >= 4 is 11.7 Å². The number of nitrogens with one attached hydrogen (secondary N) is 2. The normalized spacial score (nSPS) is 11.7. The maximum Gasteiger partial charge on any atom is 0.253 e. The number of rotatable bonds is 8. The Morgan fingerprint density at radius 3 is 2.65 bits per heavy atom. The molecule has 5 heteroatoms. The topological polar surface area (TPSA) is 63.2 Å². The van der Waals surface area contributed by atoms with E-state index in [0.29, 0.717) is 12.2 Å². The minimum Gasteiger partial charge on any atom is -0.385 e. The Bertz CT molecular complexity index is 599. The summed E-state index contributed by atoms with van der Waals surface area (Å²) in [5.41, 5.74) is 1.63. The molecular formula is C18H23N3O2. The van der Waals surface area contributed by atoms with Gasteiger partial charge in [-0.1, -0.05) is 30.3 Å². The number of carbonyl (C=O) groups is 1. The Morgan fingerprint density at radius 1 is 1.22 bits per heavy atom. The molecule has 0 aliphatic carbocycles. The Kier molecular flexibility index (Phi) is 6.56. The van der Waals surface area contributed by atoms with E-state index in [1.54, 1.807) is 19.4 Å². The molecule has 1 aromatic heterocycles. The van der Waals surface area contributed by atoms with Crippen molar-refractivity contribution in [2.75, 3.05) is 25.6 Å². The first-order chi connectivity index (χ1) is 11.2. The van der Waals surface area contributed by atoms with Gasteiger partial charge in [0.15, 0.2) is 0 Å². The van der Waals surface area contributed by atoms with E-state index in [0.717, 1.165) is 24.3 Å². The molecule has 0 fully saturated rings. The number of pyridine rings is 1. The number of anilines is 1. The zero-order valence-corrected chi connectivity index (χ0v) is 13.6. The molecule has 1 atom stereocenters. The minimum absolute atomic E-state index is 0.0458. The quantitative estimate of drug-likeness (QED) is 0.735. The highest BCUT2D eigenvalue weighted by atomic mass is 16.5. The zero-order valence-electron chi connectivity index (χ0n) is 13.6. The lowest BCUT2D eigenvalue weighted by molar-refractivity contribution is 0.0939. The highest BCUT2D eigenvalue weighted by Crippen LogP contribution is 2.12. The van der Waals surface area contributed by atoms with Gasteiger partial charge in [0, 0.05) is 26.5 Å². The molecule has 1 heterocycles. The van der Waals surface area contributed by atoms with Crippen molar-refractivity contribution in [3.63, 3.8) is 0 Å². The number of methoxy groups -OCH3 is 1. The molecule has 5 nitrogen and oxygen atoms in total. The molecule has 1 amide bonds. The van der Waals surface area contributed by atoms with Crippen LogP contribution in [0.1, 0.15) is 35.3 Å². The van der Waals surface area contributed by atoms with Crippen molar-refractivity contribution in [2.24, 2.45) is 0 Å². The Morgan fingerprint density at radius 2 is 2.00 bits per heavy atom. The Balaban J connectivity index is 1.87. The summed E-state index contributed by atoms with van der Waals surface area (Å²) in [6.45, 7) is 3.47. The number of carbonyl (C=O) groups excluding carboxylic acids is 1. The van der Waals surface area contributed by atoms with Gasteiger partial charge < -0.3 is 15.4 Å². The summed E-state index contributed by atoms with van der Waals surface area (Å²) in [6.07, 6.45) is 2.50. The van der Waals surface area contributed by atoms with Crippen molar-refractivity contribution in [1.29, 1.82) is 0 Å². The van der Waals surface area contributed by atoms with Gasteiger partial charge >= 0.3 is 0 Å². The number of hydrogen-bond acceptors (Lipinski definition) is 4. The van der Waals surface area contributed by atoms with Crippen LogP contribution in [-0.4, -0.2) is 31.2 Å². The van der Waals surface area contributed by atoms with Crippen molar-refractivity contribution < 1.29 is 9.53 Å². The number of ether oxygens (including phenoxy) is 1. The van der Waals surface area contributed by atoms with Gasteiger partial charge in [-0.05, 0) is 31.0 Å². The van der Waals surface area contributed by atoms with Crippen LogP contribution in [0.15, 0.2) is 48.7 Å². The van der Waals surface area contributed by atoms with E-state index in [4.69, 9.17) is 4.74 Å². The van der Waals surface area contributed by atoms with Crippen LogP contribution in [0, 0.1) is 0 Å². The minimum atomic E-state index is -0.125. The summed E-state index contributed by atoms with van der Waals surface area (Å²) < 4.78 is 4.99. The molecule has 0 spiro atoms. The van der Waals surface area contributed by atoms with Gasteiger partial charge in [0.25, 0.3) is 5.91 Å². The lowest BCUT2D eigenvalue weighted by atomic mass is 10.1. The standard InChI is InChI=1S/C18H23N3O2/c1-14(15-7-4-3-5-8-15)21-18(22)16-9-10-17(20-13-16)19-11-6-12-23-2/h3-5,7-10,13-14H,6,11-12H2,1-2H3,(H,19,20)(H,21,22). The maximum atomic E-state index is 12.3. The van der Waals surface area contributed by atoms with Crippen LogP contribution >= 0.6 is 0 Å². The summed E-state index contributed by atoms with van der Waals surface area (Å²) in [7, 11) is 1.68. The van der Waals surface area contributed by atoms with Gasteiger partial charge in [-0.25, -0.2) is 4.98 Å². The molecule has 2 rings (SSSR count). The fourth-order valence-electron chi connectivity index (χ4n) is 2.17. The van der Waals surface area contributed by atoms with Crippen molar-refractivity contribution in [3.8, 4) is 0 Å². The summed E-state index contributed by atoms with van der Waals surface area (Å²) in [6, 6.07) is 13.4. The number of benzene rings is 1. The first-order valence-electron chi connectivity index (χ1n) is 7.75. The zero-order chi connectivity index (χ0) is 16.5. The molecule has 0 radical (unpaired) electrons. The van der Waals surface area contributed by atoms with E-state index in [1.807, 2.05) is 43.3 Å². The van der Waals surface area contributed by atoms with Crippen LogP contribution < -0.4 is 10.6 Å². The molecule has 0 aliphatic heterocycles. The molecule has 23 heavy (non-hydrogen) atoms. The SMILES string of the molecule is COCCCNc1ccc(C(=O)NC(C)c2ccccc2)cn1. The van der Waals surface area contributed by atoms with Gasteiger partial charge in [0.05, 0.1) is 11.6 Å². The largest absolute Gasteiger partial charge is 0.385 e. The summed E-state index contributed by atoms with van der Waals surface area (Å²) >= 11 is 0. The number of aromatic nitrogens is 1. The molecule has 0 saturated heterocycles. The first kappa shape index (κ1) is 17.0. The van der Waals surface area contributed by atoms with Crippen LogP contribution in [0.2, 0.25) is 0 Å². The average molecular weight is 313 g/mol. The molecule has 0 saturated carbocycles. The molecule has 2 aromatic rings. The molecule has 0 bridgehead atoms. The maximum absolute atomic E-state index is 12.3. The van der Waals surface area contributed by atoms with Crippen LogP contribution in [0.5, 0.6) is 0 Å². The van der Waals surface area contributed by atoms with Crippen LogP contribution in [0.25, 0.3) is 0 Å². The van der Waals surface area contributed by atoms with E-state index < -0.39 is 0 Å². The van der Waals surface area contributed by atoms with Gasteiger partial charge in [0.1, 0.15) is 5.82 Å². The fourth-order valence-corrected chi connectivity index (χ4v) is 2.17. The Labute approximate surface area is 137 Å². The number of hydrogen-bond donors (Lipinski definition) is 2. The lowest BCUT2D eigenvalue weighted by Crippen LogP contribution is -2.26. The predicted molar refractivity (Wildman–Crippen MR) is 91.5 cm³/mol. The van der Waals surface area contributed by atoms with Gasteiger partial charge in [-0.2, -0.15) is 0 Å². The molecule has 2 N–H and O–H groups in total. The second kappa shape index (κ2) is 8.90. The summed E-state index contributed by atoms with van der Waals surface area (Å²) in [4.78, 5) is 16.5. The third-order valence-corrected chi connectivity index (χ3v) is 3.50. The third-order valence-electron chi connectivity index (χ3n) is 3.50. The second-order valence-corrected chi connectivity index (χ2v) is 5.31. The van der Waals surface area contributed by atoms with Crippen LogP contribution in [-0.2, 0) is 4.74 Å². The molecular weight excluding hydrogens is 290 g/mol. The molecule has 1 unspecified atom stereocenters. The average Bonchev–Trinajstić information content (AvgIpc) is 2.60. The fraction of sp³-hybridized carbons (Fsp3) is 0.333. The predicted octanol–water partition coefficient (Wildman–Crippen LogP) is 3.02. The van der Waals surface area contributed by atoms with E-state index in [1.165, 1.54) is 0 Å². The van der Waals surface area contributed by atoms with E-state index in [2.05, 4.69) is 15.6 Å². The van der Waals surface area contributed by atoms with E-state index >= 15 is 0 Å². The van der Waals surface area contributed by atoms with E-state index in [-0.39, 0.29) is 11.9 Å². The van der Waals surface area contributed by atoms with Crippen molar-refractivity contribution in [2.45, 2.75) is 19.4 Å². The third kappa shape index (κ3) is 5.38. The van der Waals surface area contributed by atoms with Crippen LogP contribution in [0.3, 0.4) is 0 Å². The van der Waals surface area contributed by atoms with Crippen LogP contribution in [0.4, 0.5) is 5.82 Å². The monoisotopic (exact) mass is 313 g/mol. The second-order valence-electron chi connectivity index (χ2n) is 5.31. The highest BCUT2D eigenvalue weighted by molar-refractivity contribution is 5.94. The smallest absolute Gasteiger partial charge is 0.253 e. The Hall–Kier alpha value is -2.40.